The highest BCUT2D eigenvalue weighted by Crippen LogP contribution is 2.36. The molecule has 1 amide bonds. The summed E-state index contributed by atoms with van der Waals surface area (Å²) in [5, 5.41) is 5.74. The topological polar surface area (TPSA) is 103 Å². The van der Waals surface area contributed by atoms with E-state index >= 15 is 0 Å². The molecule has 0 bridgehead atoms. The van der Waals surface area contributed by atoms with Crippen LogP contribution in [0.5, 0.6) is 17.2 Å². The molecule has 2 aromatic carbocycles. The van der Waals surface area contributed by atoms with E-state index in [4.69, 9.17) is 9.47 Å². The molecule has 0 aliphatic rings. The molecular formula is C27H23FN6O3. The number of rotatable bonds is 7. The molecule has 0 radical (unpaired) electrons. The Labute approximate surface area is 211 Å². The molecule has 0 spiro atoms. The number of nitrogens with one attached hydrogen (secondary N) is 2. The summed E-state index contributed by atoms with van der Waals surface area (Å²) in [6.07, 6.45) is 4.82. The highest BCUT2D eigenvalue weighted by atomic mass is 19.1. The van der Waals surface area contributed by atoms with E-state index in [0.717, 1.165) is 11.1 Å². The average Bonchev–Trinajstić information content (AvgIpc) is 3.22. The van der Waals surface area contributed by atoms with Crippen LogP contribution in [0, 0.1) is 5.82 Å². The van der Waals surface area contributed by atoms with Crippen LogP contribution in [0.2, 0.25) is 0 Å². The van der Waals surface area contributed by atoms with Gasteiger partial charge in [-0.1, -0.05) is 0 Å². The molecule has 0 saturated heterocycles. The molecule has 37 heavy (non-hydrogen) atoms. The number of halogens is 1. The second kappa shape index (κ2) is 9.94. The molecule has 186 valence electrons. The van der Waals surface area contributed by atoms with Crippen molar-refractivity contribution in [3.63, 3.8) is 0 Å². The number of amides is 1. The van der Waals surface area contributed by atoms with E-state index in [1.54, 1.807) is 42.7 Å². The summed E-state index contributed by atoms with van der Waals surface area (Å²) in [5.41, 5.74) is 3.67. The van der Waals surface area contributed by atoms with E-state index in [1.807, 2.05) is 29.8 Å². The number of imidazole rings is 1. The highest BCUT2D eigenvalue weighted by Gasteiger charge is 2.17. The summed E-state index contributed by atoms with van der Waals surface area (Å²) in [6, 6.07) is 15.5. The summed E-state index contributed by atoms with van der Waals surface area (Å²) >= 11 is 0. The Morgan fingerprint density at radius 2 is 1.76 bits per heavy atom. The fraction of sp³-hybridized carbons (Fsp3) is 0.111. The van der Waals surface area contributed by atoms with Crippen LogP contribution in [-0.4, -0.2) is 39.6 Å². The first-order chi connectivity index (χ1) is 18.0. The van der Waals surface area contributed by atoms with Gasteiger partial charge in [-0.15, -0.1) is 0 Å². The molecule has 0 aliphatic carbocycles. The Kier molecular flexibility index (Phi) is 6.38. The van der Waals surface area contributed by atoms with E-state index in [-0.39, 0.29) is 17.4 Å². The maximum Gasteiger partial charge on any atom is 0.269 e. The van der Waals surface area contributed by atoms with Gasteiger partial charge >= 0.3 is 0 Å². The fourth-order valence-corrected chi connectivity index (χ4v) is 3.94. The van der Waals surface area contributed by atoms with E-state index in [9.17, 15) is 9.18 Å². The zero-order valence-corrected chi connectivity index (χ0v) is 20.3. The van der Waals surface area contributed by atoms with Crippen LogP contribution < -0.4 is 20.1 Å². The van der Waals surface area contributed by atoms with E-state index in [1.165, 1.54) is 26.4 Å². The van der Waals surface area contributed by atoms with Gasteiger partial charge in [-0.25, -0.2) is 9.37 Å². The quantitative estimate of drug-likeness (QED) is 0.323. The number of ether oxygens (including phenoxy) is 2. The molecule has 0 saturated carbocycles. The van der Waals surface area contributed by atoms with Gasteiger partial charge in [-0.2, -0.15) is 0 Å². The maximum atomic E-state index is 14.9. The summed E-state index contributed by atoms with van der Waals surface area (Å²) in [7, 11) is 4.81. The van der Waals surface area contributed by atoms with Gasteiger partial charge in [-0.3, -0.25) is 14.8 Å². The lowest BCUT2D eigenvalue weighted by Crippen LogP contribution is -2.18. The first-order valence-corrected chi connectivity index (χ1v) is 11.3. The molecule has 0 fully saturated rings. The standard InChI is InChI=1S/C27H23FN6O3/c1-29-26(35)23-15-19(8-11-31-23)37-18-4-5-24-21(14-18)32-27(34(24)2)33-22-13-17(12-20(28)25(22)36-3)16-6-9-30-10-7-16/h4-15H,1-3H3,(H,29,35)(H,32,33). The van der Waals surface area contributed by atoms with E-state index in [0.29, 0.717) is 34.2 Å². The number of benzene rings is 2. The van der Waals surface area contributed by atoms with Crippen molar-refractivity contribution in [2.45, 2.75) is 0 Å². The Balaban J connectivity index is 1.46. The Morgan fingerprint density at radius 1 is 0.973 bits per heavy atom. The van der Waals surface area contributed by atoms with Crippen molar-refractivity contribution in [1.29, 1.82) is 0 Å². The van der Waals surface area contributed by atoms with Crippen LogP contribution in [0.3, 0.4) is 0 Å². The minimum absolute atomic E-state index is 0.0819. The number of pyridine rings is 2. The first-order valence-electron chi connectivity index (χ1n) is 11.3. The molecule has 9 nitrogen and oxygen atoms in total. The zero-order valence-electron chi connectivity index (χ0n) is 20.3. The molecule has 3 aromatic heterocycles. The Bertz CT molecular complexity index is 1600. The Hall–Kier alpha value is -4.99. The van der Waals surface area contributed by atoms with Crippen molar-refractivity contribution in [1.82, 2.24) is 24.8 Å². The summed E-state index contributed by atoms with van der Waals surface area (Å²) in [4.78, 5) is 24.6. The number of aromatic nitrogens is 4. The van der Waals surface area contributed by atoms with Crippen LogP contribution in [0.4, 0.5) is 16.0 Å². The van der Waals surface area contributed by atoms with Crippen molar-refractivity contribution in [2.24, 2.45) is 7.05 Å². The van der Waals surface area contributed by atoms with Crippen LogP contribution >= 0.6 is 0 Å². The number of hydrogen-bond acceptors (Lipinski definition) is 7. The third-order valence-corrected chi connectivity index (χ3v) is 5.79. The van der Waals surface area contributed by atoms with Gasteiger partial charge in [0, 0.05) is 44.8 Å². The predicted molar refractivity (Wildman–Crippen MR) is 138 cm³/mol. The maximum absolute atomic E-state index is 14.9. The van der Waals surface area contributed by atoms with Gasteiger partial charge in [0.25, 0.3) is 5.91 Å². The minimum Gasteiger partial charge on any atom is -0.492 e. The van der Waals surface area contributed by atoms with Crippen LogP contribution in [-0.2, 0) is 7.05 Å². The second-order valence-corrected chi connectivity index (χ2v) is 8.10. The molecule has 0 atom stereocenters. The zero-order chi connectivity index (χ0) is 25.9. The van der Waals surface area contributed by atoms with Gasteiger partial charge in [0.1, 0.15) is 17.2 Å². The number of anilines is 2. The lowest BCUT2D eigenvalue weighted by molar-refractivity contribution is 0.0958. The molecule has 5 rings (SSSR count). The first kappa shape index (κ1) is 23.7. The van der Waals surface area contributed by atoms with Crippen molar-refractivity contribution in [3.8, 4) is 28.4 Å². The third kappa shape index (κ3) is 4.76. The van der Waals surface area contributed by atoms with Crippen LogP contribution in [0.15, 0.2) is 73.2 Å². The molecule has 10 heteroatoms. The molecule has 0 aliphatic heterocycles. The summed E-state index contributed by atoms with van der Waals surface area (Å²) in [5.74, 6) is 0.773. The lowest BCUT2D eigenvalue weighted by Gasteiger charge is -2.14. The van der Waals surface area contributed by atoms with E-state index < -0.39 is 5.82 Å². The predicted octanol–water partition coefficient (Wildman–Crippen LogP) is 5.07. The molecule has 0 unspecified atom stereocenters. The third-order valence-electron chi connectivity index (χ3n) is 5.79. The highest BCUT2D eigenvalue weighted by molar-refractivity contribution is 5.92. The number of carbonyl (C=O) groups is 1. The van der Waals surface area contributed by atoms with Gasteiger partial charge in [0.2, 0.25) is 5.95 Å². The smallest absolute Gasteiger partial charge is 0.269 e. The molecule has 2 N–H and O–H groups in total. The monoisotopic (exact) mass is 498 g/mol. The van der Waals surface area contributed by atoms with Crippen molar-refractivity contribution < 1.29 is 18.7 Å². The van der Waals surface area contributed by atoms with Crippen molar-refractivity contribution >= 4 is 28.6 Å². The minimum atomic E-state index is -0.498. The largest absolute Gasteiger partial charge is 0.492 e. The normalized spacial score (nSPS) is 10.8. The molecule has 3 heterocycles. The van der Waals surface area contributed by atoms with Gasteiger partial charge in [0.15, 0.2) is 11.6 Å². The molecule has 5 aromatic rings. The number of hydrogen-bond donors (Lipinski definition) is 2. The summed E-state index contributed by atoms with van der Waals surface area (Å²) in [6.45, 7) is 0. The number of carbonyl (C=O) groups excluding carboxylic acids is 1. The number of aryl methyl sites for hydroxylation is 1. The average molecular weight is 499 g/mol. The van der Waals surface area contributed by atoms with Crippen LogP contribution in [0.25, 0.3) is 22.2 Å². The van der Waals surface area contributed by atoms with Gasteiger partial charge in [0.05, 0.1) is 23.8 Å². The lowest BCUT2D eigenvalue weighted by atomic mass is 10.1. The fourth-order valence-electron chi connectivity index (χ4n) is 3.94. The van der Waals surface area contributed by atoms with E-state index in [2.05, 4.69) is 25.6 Å². The van der Waals surface area contributed by atoms with Gasteiger partial charge in [-0.05, 0) is 53.6 Å². The van der Waals surface area contributed by atoms with Gasteiger partial charge < -0.3 is 24.7 Å². The van der Waals surface area contributed by atoms with Crippen molar-refractivity contribution in [3.05, 3.63) is 84.7 Å². The summed E-state index contributed by atoms with van der Waals surface area (Å²) < 4.78 is 28.0. The number of nitrogens with zero attached hydrogens (tertiary/aromatic N) is 4. The number of fused-ring (bicyclic) bond motifs is 1. The van der Waals surface area contributed by atoms with Crippen LogP contribution in [0.1, 0.15) is 10.5 Å². The molecular weight excluding hydrogens is 475 g/mol. The SMILES string of the molecule is CNC(=O)c1cc(Oc2ccc3c(c2)nc(Nc2cc(-c4ccncc4)cc(F)c2OC)n3C)ccn1. The number of methoxy groups -OCH3 is 1. The van der Waals surface area contributed by atoms with Crippen molar-refractivity contribution in [2.75, 3.05) is 19.5 Å². The second-order valence-electron chi connectivity index (χ2n) is 8.10. The Morgan fingerprint density at radius 3 is 2.51 bits per heavy atom.